The Morgan fingerprint density at radius 2 is 1.79 bits per heavy atom. The minimum Gasteiger partial charge on any atom is -0.419 e. The lowest BCUT2D eigenvalue weighted by atomic mass is 10.2. The van der Waals surface area contributed by atoms with Gasteiger partial charge in [0.1, 0.15) is 0 Å². The molecule has 0 aliphatic carbocycles. The molecule has 0 amide bonds. The molecule has 0 saturated carbocycles. The second kappa shape index (κ2) is 6.64. The zero-order valence-corrected chi connectivity index (χ0v) is 13.3. The number of aromatic nitrogens is 3. The largest absolute Gasteiger partial charge is 0.419 e. The van der Waals surface area contributed by atoms with Crippen LogP contribution in [0.3, 0.4) is 0 Å². The molecule has 1 atom stereocenters. The lowest BCUT2D eigenvalue weighted by Crippen LogP contribution is -2.05. The van der Waals surface area contributed by atoms with Crippen molar-refractivity contribution in [1.82, 2.24) is 15.2 Å². The van der Waals surface area contributed by atoms with E-state index >= 15 is 0 Å². The van der Waals surface area contributed by atoms with Gasteiger partial charge >= 0.3 is 6.18 Å². The van der Waals surface area contributed by atoms with E-state index in [2.05, 4.69) is 15.2 Å². The van der Waals surface area contributed by atoms with E-state index < -0.39 is 11.7 Å². The van der Waals surface area contributed by atoms with Gasteiger partial charge in [0.15, 0.2) is 0 Å². The first-order chi connectivity index (χ1) is 11.4. The Hall–Kier alpha value is -2.35. The lowest BCUT2D eigenvalue weighted by molar-refractivity contribution is -0.137. The van der Waals surface area contributed by atoms with Crippen molar-refractivity contribution in [2.75, 3.05) is 0 Å². The second-order valence-corrected chi connectivity index (χ2v) is 6.32. The van der Waals surface area contributed by atoms with Crippen molar-refractivity contribution in [2.45, 2.75) is 23.4 Å². The van der Waals surface area contributed by atoms with E-state index in [1.165, 1.54) is 17.8 Å². The van der Waals surface area contributed by atoms with Gasteiger partial charge in [-0.2, -0.15) is 13.2 Å². The number of alkyl halides is 3. The van der Waals surface area contributed by atoms with Crippen LogP contribution in [0.5, 0.6) is 0 Å². The van der Waals surface area contributed by atoms with Gasteiger partial charge in [-0.05, 0) is 31.2 Å². The van der Waals surface area contributed by atoms with Crippen molar-refractivity contribution in [3.8, 4) is 11.5 Å². The van der Waals surface area contributed by atoms with Crippen LogP contribution in [0.25, 0.3) is 11.5 Å². The van der Waals surface area contributed by atoms with E-state index in [0.717, 1.165) is 17.8 Å². The summed E-state index contributed by atoms with van der Waals surface area (Å²) in [6, 6.07) is 11.7. The van der Waals surface area contributed by atoms with Crippen molar-refractivity contribution < 1.29 is 17.6 Å². The number of thioether (sulfide) groups is 1. The van der Waals surface area contributed by atoms with Crippen molar-refractivity contribution in [2.24, 2.45) is 0 Å². The molecule has 0 N–H and O–H groups in total. The third-order valence-electron chi connectivity index (χ3n) is 3.17. The van der Waals surface area contributed by atoms with Crippen molar-refractivity contribution in [3.05, 3.63) is 60.1 Å². The average Bonchev–Trinajstić information content (AvgIpc) is 3.05. The van der Waals surface area contributed by atoms with Crippen LogP contribution in [0, 0.1) is 0 Å². The van der Waals surface area contributed by atoms with Gasteiger partial charge in [0, 0.05) is 11.8 Å². The van der Waals surface area contributed by atoms with Gasteiger partial charge in [0.25, 0.3) is 0 Å². The normalized spacial score (nSPS) is 13.0. The molecule has 3 rings (SSSR count). The van der Waals surface area contributed by atoms with E-state index in [4.69, 9.17) is 4.42 Å². The maximum absolute atomic E-state index is 12.5. The molecule has 0 fully saturated rings. The Kier molecular flexibility index (Phi) is 4.57. The summed E-state index contributed by atoms with van der Waals surface area (Å²) >= 11 is 1.25. The summed E-state index contributed by atoms with van der Waals surface area (Å²) in [6.45, 7) is 1.83. The smallest absolute Gasteiger partial charge is 0.417 e. The molecule has 0 bridgehead atoms. The van der Waals surface area contributed by atoms with Crippen LogP contribution in [-0.4, -0.2) is 15.2 Å². The molecule has 0 aliphatic rings. The highest BCUT2D eigenvalue weighted by atomic mass is 32.2. The highest BCUT2D eigenvalue weighted by Crippen LogP contribution is 2.35. The third-order valence-corrected chi connectivity index (χ3v) is 4.21. The van der Waals surface area contributed by atoms with Gasteiger partial charge in [0.2, 0.25) is 11.8 Å². The number of nitrogens with zero attached hydrogens (tertiary/aromatic N) is 3. The number of benzene rings is 1. The Labute approximate surface area is 140 Å². The van der Waals surface area contributed by atoms with E-state index in [9.17, 15) is 13.2 Å². The first-order valence-electron chi connectivity index (χ1n) is 7.02. The van der Waals surface area contributed by atoms with E-state index in [1.807, 2.05) is 37.3 Å². The maximum Gasteiger partial charge on any atom is 0.417 e. The molecule has 1 aromatic carbocycles. The minimum atomic E-state index is -4.39. The lowest BCUT2D eigenvalue weighted by Gasteiger charge is -2.08. The number of rotatable bonds is 4. The first kappa shape index (κ1) is 16.5. The van der Waals surface area contributed by atoms with Crippen LogP contribution >= 0.6 is 11.8 Å². The molecule has 8 heteroatoms. The Morgan fingerprint density at radius 1 is 1.04 bits per heavy atom. The zero-order chi connectivity index (χ0) is 17.2. The molecule has 2 heterocycles. The van der Waals surface area contributed by atoms with Gasteiger partial charge in [-0.25, -0.2) is 4.98 Å². The van der Waals surface area contributed by atoms with Gasteiger partial charge in [-0.15, -0.1) is 10.2 Å². The second-order valence-electron chi connectivity index (χ2n) is 4.95. The Balaban J connectivity index is 1.71. The van der Waals surface area contributed by atoms with Crippen molar-refractivity contribution >= 4 is 11.8 Å². The van der Waals surface area contributed by atoms with Crippen molar-refractivity contribution in [3.63, 3.8) is 0 Å². The van der Waals surface area contributed by atoms with Crippen LogP contribution in [0.1, 0.15) is 23.6 Å². The summed E-state index contributed by atoms with van der Waals surface area (Å²) < 4.78 is 43.2. The minimum absolute atomic E-state index is 0.237. The molecule has 24 heavy (non-hydrogen) atoms. The molecule has 3 aromatic rings. The molecule has 124 valence electrons. The summed E-state index contributed by atoms with van der Waals surface area (Å²) in [5.41, 5.74) is 0.0322. The predicted molar refractivity (Wildman–Crippen MR) is 83.2 cm³/mol. The first-order valence-corrected chi connectivity index (χ1v) is 7.90. The van der Waals surface area contributed by atoms with Gasteiger partial charge in [0.05, 0.1) is 15.8 Å². The molecule has 0 radical (unpaired) electrons. The van der Waals surface area contributed by atoms with Crippen LogP contribution in [-0.2, 0) is 6.18 Å². The van der Waals surface area contributed by atoms with E-state index in [1.54, 1.807) is 0 Å². The molecule has 2 aromatic heterocycles. The third kappa shape index (κ3) is 3.76. The fourth-order valence-corrected chi connectivity index (χ4v) is 2.76. The van der Waals surface area contributed by atoms with Crippen LogP contribution in [0.4, 0.5) is 13.2 Å². The number of hydrogen-bond donors (Lipinski definition) is 0. The van der Waals surface area contributed by atoms with Crippen LogP contribution in [0.2, 0.25) is 0 Å². The van der Waals surface area contributed by atoms with Crippen molar-refractivity contribution in [1.29, 1.82) is 0 Å². The zero-order valence-electron chi connectivity index (χ0n) is 12.5. The summed E-state index contributed by atoms with van der Waals surface area (Å²) in [6.07, 6.45) is -3.57. The highest BCUT2D eigenvalue weighted by Gasteiger charge is 2.30. The molecular formula is C16H12F3N3OS. The monoisotopic (exact) mass is 351 g/mol. The standard InChI is InChI=1S/C16H12F3N3OS/c1-10(24-13-8-7-12(9-20-13)16(17,18)19)14-21-22-15(23-14)11-5-3-2-4-6-11/h2-10H,1H3. The molecule has 0 spiro atoms. The highest BCUT2D eigenvalue weighted by molar-refractivity contribution is 7.99. The fraction of sp³-hybridized carbons (Fsp3) is 0.188. The molecular weight excluding hydrogens is 339 g/mol. The SMILES string of the molecule is CC(Sc1ccc(C(F)(F)F)cn1)c1nnc(-c2ccccc2)o1. The topological polar surface area (TPSA) is 51.8 Å². The quantitative estimate of drug-likeness (QED) is 0.619. The fourth-order valence-electron chi connectivity index (χ4n) is 1.95. The summed E-state index contributed by atoms with van der Waals surface area (Å²) in [5.74, 6) is 0.791. The summed E-state index contributed by atoms with van der Waals surface area (Å²) in [5, 5.41) is 8.21. The molecule has 1 unspecified atom stereocenters. The van der Waals surface area contributed by atoms with Gasteiger partial charge in [-0.1, -0.05) is 30.0 Å². The van der Waals surface area contributed by atoms with Gasteiger partial charge in [-0.3, -0.25) is 0 Å². The Bertz CT molecular complexity index is 803. The van der Waals surface area contributed by atoms with Crippen LogP contribution in [0.15, 0.2) is 58.1 Å². The van der Waals surface area contributed by atoms with E-state index in [-0.39, 0.29) is 5.25 Å². The number of hydrogen-bond acceptors (Lipinski definition) is 5. The molecule has 4 nitrogen and oxygen atoms in total. The van der Waals surface area contributed by atoms with Gasteiger partial charge < -0.3 is 4.42 Å². The van der Waals surface area contributed by atoms with E-state index in [0.29, 0.717) is 16.8 Å². The molecule has 0 saturated heterocycles. The Morgan fingerprint density at radius 3 is 2.42 bits per heavy atom. The predicted octanol–water partition coefficient (Wildman–Crippen LogP) is 5.00. The number of pyridine rings is 1. The number of halogens is 3. The molecule has 0 aliphatic heterocycles. The summed E-state index contributed by atoms with van der Waals surface area (Å²) in [4.78, 5) is 3.83. The average molecular weight is 351 g/mol. The maximum atomic E-state index is 12.5. The van der Waals surface area contributed by atoms with Crippen LogP contribution < -0.4 is 0 Å². The summed E-state index contributed by atoms with van der Waals surface area (Å²) in [7, 11) is 0.